The van der Waals surface area contributed by atoms with Crippen LogP contribution in [0.2, 0.25) is 0 Å². The molecule has 0 aliphatic carbocycles. The van der Waals surface area contributed by atoms with Crippen LogP contribution < -0.4 is 5.32 Å². The summed E-state index contributed by atoms with van der Waals surface area (Å²) in [6, 6.07) is 11.2. The van der Waals surface area contributed by atoms with Crippen molar-refractivity contribution in [3.8, 4) is 0 Å². The molecule has 6 heteroatoms. The number of hydrogen-bond donors (Lipinski definition) is 2. The smallest absolute Gasteiger partial charge is 0.318 e. The van der Waals surface area contributed by atoms with Gasteiger partial charge in [-0.2, -0.15) is 0 Å². The number of carbonyl (C=O) groups is 2. The van der Waals surface area contributed by atoms with E-state index >= 15 is 0 Å². The first-order valence-electron chi connectivity index (χ1n) is 7.37. The zero-order valence-corrected chi connectivity index (χ0v) is 13.0. The largest absolute Gasteiger partial charge is 0.481 e. The molecular formula is C17H20N2O4. The Morgan fingerprint density at radius 1 is 1.22 bits per heavy atom. The van der Waals surface area contributed by atoms with Crippen LogP contribution >= 0.6 is 0 Å². The van der Waals surface area contributed by atoms with Gasteiger partial charge in [-0.25, -0.2) is 4.79 Å². The third kappa shape index (κ3) is 5.50. The lowest BCUT2D eigenvalue weighted by Crippen LogP contribution is -2.39. The molecule has 2 N–H and O–H groups in total. The van der Waals surface area contributed by atoms with Crippen LogP contribution in [0, 0.1) is 6.92 Å². The summed E-state index contributed by atoms with van der Waals surface area (Å²) in [5, 5.41) is 11.3. The fraction of sp³-hybridized carbons (Fsp3) is 0.294. The van der Waals surface area contributed by atoms with E-state index in [-0.39, 0.29) is 19.0 Å². The molecule has 0 unspecified atom stereocenters. The van der Waals surface area contributed by atoms with Crippen LogP contribution in [0.1, 0.15) is 23.3 Å². The van der Waals surface area contributed by atoms with Gasteiger partial charge >= 0.3 is 12.0 Å². The molecule has 0 saturated carbocycles. The van der Waals surface area contributed by atoms with Crippen LogP contribution in [-0.4, -0.2) is 28.6 Å². The molecule has 1 aromatic heterocycles. The predicted molar refractivity (Wildman–Crippen MR) is 84.8 cm³/mol. The molecule has 2 aromatic rings. The second-order valence-electron chi connectivity index (χ2n) is 5.30. The lowest BCUT2D eigenvalue weighted by molar-refractivity contribution is -0.136. The van der Waals surface area contributed by atoms with Crippen LogP contribution in [0.5, 0.6) is 0 Å². The summed E-state index contributed by atoms with van der Waals surface area (Å²) in [6.07, 6.45) is 1.45. The van der Waals surface area contributed by atoms with E-state index in [0.29, 0.717) is 18.8 Å². The second kappa shape index (κ2) is 8.03. The number of benzene rings is 1. The highest BCUT2D eigenvalue weighted by atomic mass is 16.4. The summed E-state index contributed by atoms with van der Waals surface area (Å²) < 4.78 is 5.30. The van der Waals surface area contributed by atoms with E-state index in [2.05, 4.69) is 5.32 Å². The van der Waals surface area contributed by atoms with Crippen LogP contribution in [-0.2, 0) is 17.9 Å². The van der Waals surface area contributed by atoms with Crippen molar-refractivity contribution >= 4 is 12.0 Å². The molecule has 6 nitrogen and oxygen atoms in total. The number of carboxylic acids is 1. The van der Waals surface area contributed by atoms with Gasteiger partial charge in [0, 0.05) is 13.1 Å². The summed E-state index contributed by atoms with van der Waals surface area (Å²) in [4.78, 5) is 24.5. The summed E-state index contributed by atoms with van der Waals surface area (Å²) in [5.41, 5.74) is 2.12. The van der Waals surface area contributed by atoms with Gasteiger partial charge in [-0.1, -0.05) is 29.8 Å². The SMILES string of the molecule is Cc1cccc(CN(Cc2ccco2)C(=O)NCCC(=O)O)c1. The zero-order chi connectivity index (χ0) is 16.7. The van der Waals surface area contributed by atoms with Crippen molar-refractivity contribution in [2.45, 2.75) is 26.4 Å². The average molecular weight is 316 g/mol. The van der Waals surface area contributed by atoms with Gasteiger partial charge in [-0.15, -0.1) is 0 Å². The van der Waals surface area contributed by atoms with Crippen molar-refractivity contribution in [1.82, 2.24) is 10.2 Å². The number of carbonyl (C=O) groups excluding carboxylic acids is 1. The fourth-order valence-electron chi connectivity index (χ4n) is 2.21. The third-order valence-corrected chi connectivity index (χ3v) is 3.29. The molecule has 0 aliphatic rings. The molecule has 2 rings (SSSR count). The van der Waals surface area contributed by atoms with Gasteiger partial charge in [0.05, 0.1) is 19.2 Å². The van der Waals surface area contributed by atoms with Crippen LogP contribution in [0.4, 0.5) is 4.79 Å². The zero-order valence-electron chi connectivity index (χ0n) is 13.0. The molecular weight excluding hydrogens is 296 g/mol. The van der Waals surface area contributed by atoms with Crippen molar-refractivity contribution in [1.29, 1.82) is 0 Å². The van der Waals surface area contributed by atoms with Crippen molar-refractivity contribution in [2.75, 3.05) is 6.54 Å². The minimum atomic E-state index is -0.943. The molecule has 0 saturated heterocycles. The first-order valence-corrected chi connectivity index (χ1v) is 7.37. The number of rotatable bonds is 7. The third-order valence-electron chi connectivity index (χ3n) is 3.29. The predicted octanol–water partition coefficient (Wildman–Crippen LogP) is 2.77. The van der Waals surface area contributed by atoms with Crippen LogP contribution in [0.25, 0.3) is 0 Å². The number of furan rings is 1. The van der Waals surface area contributed by atoms with E-state index in [0.717, 1.165) is 11.1 Å². The van der Waals surface area contributed by atoms with Crippen LogP contribution in [0.15, 0.2) is 47.1 Å². The molecule has 0 bridgehead atoms. The molecule has 1 aromatic carbocycles. The lowest BCUT2D eigenvalue weighted by Gasteiger charge is -2.22. The molecule has 1 heterocycles. The van der Waals surface area contributed by atoms with Crippen LogP contribution in [0.3, 0.4) is 0 Å². The maximum atomic E-state index is 12.3. The average Bonchev–Trinajstić information content (AvgIpc) is 2.99. The monoisotopic (exact) mass is 316 g/mol. The van der Waals surface area contributed by atoms with E-state index in [9.17, 15) is 9.59 Å². The number of aryl methyl sites for hydroxylation is 1. The Morgan fingerprint density at radius 3 is 2.70 bits per heavy atom. The van der Waals surface area contributed by atoms with E-state index in [1.165, 1.54) is 0 Å². The van der Waals surface area contributed by atoms with E-state index < -0.39 is 5.97 Å². The van der Waals surface area contributed by atoms with Crippen molar-refractivity contribution < 1.29 is 19.1 Å². The number of hydrogen-bond acceptors (Lipinski definition) is 3. The maximum Gasteiger partial charge on any atom is 0.318 e. The minimum Gasteiger partial charge on any atom is -0.481 e. The number of amides is 2. The lowest BCUT2D eigenvalue weighted by atomic mass is 10.1. The molecule has 0 fully saturated rings. The van der Waals surface area contributed by atoms with Gasteiger partial charge in [-0.05, 0) is 24.6 Å². The highest BCUT2D eigenvalue weighted by Gasteiger charge is 2.16. The first-order chi connectivity index (χ1) is 11.0. The Hall–Kier alpha value is -2.76. The summed E-state index contributed by atoms with van der Waals surface area (Å²) in [6.45, 7) is 2.82. The molecule has 23 heavy (non-hydrogen) atoms. The molecule has 122 valence electrons. The maximum absolute atomic E-state index is 12.3. The van der Waals surface area contributed by atoms with Crippen molar-refractivity contribution in [3.63, 3.8) is 0 Å². The molecule has 0 aliphatic heterocycles. The first kappa shape index (κ1) is 16.6. The molecule has 0 atom stereocenters. The summed E-state index contributed by atoms with van der Waals surface area (Å²) >= 11 is 0. The summed E-state index contributed by atoms with van der Waals surface area (Å²) in [5.74, 6) is -0.271. The van der Waals surface area contributed by atoms with E-state index in [1.54, 1.807) is 23.3 Å². The second-order valence-corrected chi connectivity index (χ2v) is 5.30. The van der Waals surface area contributed by atoms with Gasteiger partial charge in [0.2, 0.25) is 0 Å². The Bertz CT molecular complexity index is 652. The number of carboxylic acid groups (broad SMARTS) is 1. The summed E-state index contributed by atoms with van der Waals surface area (Å²) in [7, 11) is 0. The highest BCUT2D eigenvalue weighted by molar-refractivity contribution is 5.75. The number of nitrogens with zero attached hydrogens (tertiary/aromatic N) is 1. The van der Waals surface area contributed by atoms with Gasteiger partial charge in [-0.3, -0.25) is 4.79 Å². The van der Waals surface area contributed by atoms with Gasteiger partial charge < -0.3 is 19.7 Å². The number of nitrogens with one attached hydrogen (secondary N) is 1. The Kier molecular flexibility index (Phi) is 5.80. The van der Waals surface area contributed by atoms with Gasteiger partial charge in [0.1, 0.15) is 5.76 Å². The van der Waals surface area contributed by atoms with Crippen molar-refractivity contribution in [3.05, 3.63) is 59.5 Å². The number of urea groups is 1. The molecule has 0 spiro atoms. The van der Waals surface area contributed by atoms with Gasteiger partial charge in [0.15, 0.2) is 0 Å². The Balaban J connectivity index is 2.04. The van der Waals surface area contributed by atoms with Gasteiger partial charge in [0.25, 0.3) is 0 Å². The standard InChI is InChI=1S/C17H20N2O4/c1-13-4-2-5-14(10-13)11-19(12-15-6-3-9-23-15)17(22)18-8-7-16(20)21/h2-6,9-10H,7-8,11-12H2,1H3,(H,18,22)(H,20,21). The minimum absolute atomic E-state index is 0.0939. The number of aliphatic carboxylic acids is 1. The Labute approximate surface area is 134 Å². The van der Waals surface area contributed by atoms with E-state index in [4.69, 9.17) is 9.52 Å². The molecule has 2 amide bonds. The highest BCUT2D eigenvalue weighted by Crippen LogP contribution is 2.12. The normalized spacial score (nSPS) is 10.3. The quantitative estimate of drug-likeness (QED) is 0.823. The van der Waals surface area contributed by atoms with E-state index in [1.807, 2.05) is 31.2 Å². The Morgan fingerprint density at radius 2 is 2.04 bits per heavy atom. The topological polar surface area (TPSA) is 82.8 Å². The molecule has 0 radical (unpaired) electrons. The van der Waals surface area contributed by atoms with Crippen molar-refractivity contribution in [2.24, 2.45) is 0 Å². The fourth-order valence-corrected chi connectivity index (χ4v) is 2.21.